The summed E-state index contributed by atoms with van der Waals surface area (Å²) in [7, 11) is 0. The van der Waals surface area contributed by atoms with E-state index in [1.165, 1.54) is 17.3 Å². The van der Waals surface area contributed by atoms with Crippen LogP contribution in [0.5, 0.6) is 0 Å². The molecule has 0 aliphatic heterocycles. The summed E-state index contributed by atoms with van der Waals surface area (Å²) in [6.45, 7) is 2.01. The SMILES string of the molecule is O=c1nccc(CC(O)CN(Cc2ccccc2)Cc2ccccc2)[nH]1. The molecule has 0 spiro atoms. The summed E-state index contributed by atoms with van der Waals surface area (Å²) in [6.07, 6.45) is 1.27. The number of nitrogens with zero attached hydrogens (tertiary/aromatic N) is 2. The van der Waals surface area contributed by atoms with E-state index in [2.05, 4.69) is 39.1 Å². The van der Waals surface area contributed by atoms with Gasteiger partial charge in [-0.15, -0.1) is 0 Å². The van der Waals surface area contributed by atoms with Gasteiger partial charge in [0.15, 0.2) is 0 Å². The van der Waals surface area contributed by atoms with Crippen molar-refractivity contribution in [3.63, 3.8) is 0 Å². The van der Waals surface area contributed by atoms with E-state index < -0.39 is 6.10 Å². The molecule has 5 nitrogen and oxygen atoms in total. The molecule has 1 heterocycles. The fourth-order valence-corrected chi connectivity index (χ4v) is 3.01. The Kier molecular flexibility index (Phi) is 6.30. The summed E-state index contributed by atoms with van der Waals surface area (Å²) < 4.78 is 0. The number of hydrogen-bond acceptors (Lipinski definition) is 4. The minimum absolute atomic E-state index is 0.387. The highest BCUT2D eigenvalue weighted by atomic mass is 16.3. The molecule has 0 saturated carbocycles. The highest BCUT2D eigenvalue weighted by molar-refractivity contribution is 5.17. The Morgan fingerprint density at radius 2 is 1.50 bits per heavy atom. The molecule has 0 radical (unpaired) electrons. The number of aromatic amines is 1. The minimum Gasteiger partial charge on any atom is -0.391 e. The molecule has 0 amide bonds. The number of aliphatic hydroxyl groups is 1. The standard InChI is InChI=1S/C21H23N3O2/c25-20(13-19-11-12-22-21(26)23-19)16-24(14-17-7-3-1-4-8-17)15-18-9-5-2-6-10-18/h1-12,20,25H,13-16H2,(H,22,23,26). The predicted molar refractivity (Wildman–Crippen MR) is 102 cm³/mol. The molecule has 5 heteroatoms. The van der Waals surface area contributed by atoms with Crippen LogP contribution in [0.2, 0.25) is 0 Å². The second-order valence-corrected chi connectivity index (χ2v) is 6.40. The van der Waals surface area contributed by atoms with Gasteiger partial charge in [0.05, 0.1) is 6.10 Å². The van der Waals surface area contributed by atoms with Gasteiger partial charge in [-0.3, -0.25) is 4.90 Å². The zero-order valence-corrected chi connectivity index (χ0v) is 14.6. The lowest BCUT2D eigenvalue weighted by molar-refractivity contribution is 0.104. The van der Waals surface area contributed by atoms with Crippen molar-refractivity contribution in [2.45, 2.75) is 25.6 Å². The van der Waals surface area contributed by atoms with Crippen molar-refractivity contribution >= 4 is 0 Å². The van der Waals surface area contributed by atoms with E-state index in [-0.39, 0.29) is 5.69 Å². The summed E-state index contributed by atoms with van der Waals surface area (Å²) in [6, 6.07) is 22.2. The van der Waals surface area contributed by atoms with Gasteiger partial charge >= 0.3 is 5.69 Å². The van der Waals surface area contributed by atoms with Crippen molar-refractivity contribution in [2.75, 3.05) is 6.54 Å². The van der Waals surface area contributed by atoms with Crippen LogP contribution < -0.4 is 5.69 Å². The molecule has 3 aromatic rings. The second-order valence-electron chi connectivity index (χ2n) is 6.40. The molecule has 26 heavy (non-hydrogen) atoms. The summed E-state index contributed by atoms with van der Waals surface area (Å²) >= 11 is 0. The number of rotatable bonds is 8. The van der Waals surface area contributed by atoms with Crippen LogP contribution >= 0.6 is 0 Å². The van der Waals surface area contributed by atoms with E-state index >= 15 is 0 Å². The van der Waals surface area contributed by atoms with Crippen LogP contribution in [0.15, 0.2) is 77.7 Å². The topological polar surface area (TPSA) is 69.2 Å². The quantitative estimate of drug-likeness (QED) is 0.655. The Labute approximate surface area is 153 Å². The van der Waals surface area contributed by atoms with Crippen molar-refractivity contribution < 1.29 is 5.11 Å². The number of nitrogens with one attached hydrogen (secondary N) is 1. The first-order chi connectivity index (χ1) is 12.7. The lowest BCUT2D eigenvalue weighted by Gasteiger charge is -2.25. The summed E-state index contributed by atoms with van der Waals surface area (Å²) in [5.41, 5.74) is 2.71. The van der Waals surface area contributed by atoms with Crippen LogP contribution in [0.1, 0.15) is 16.8 Å². The second kappa shape index (κ2) is 9.08. The molecular formula is C21H23N3O2. The normalized spacial score (nSPS) is 12.2. The molecule has 1 unspecified atom stereocenters. The first-order valence-corrected chi connectivity index (χ1v) is 8.71. The number of H-pyrrole nitrogens is 1. The van der Waals surface area contributed by atoms with Crippen LogP contribution in [0.4, 0.5) is 0 Å². The maximum atomic E-state index is 11.3. The fraction of sp³-hybridized carbons (Fsp3) is 0.238. The third-order valence-corrected chi connectivity index (χ3v) is 4.16. The van der Waals surface area contributed by atoms with Crippen LogP contribution in [-0.2, 0) is 19.5 Å². The van der Waals surface area contributed by atoms with Gasteiger partial charge in [0, 0.05) is 37.9 Å². The third-order valence-electron chi connectivity index (χ3n) is 4.16. The Bertz CT molecular complexity index is 808. The predicted octanol–water partition coefficient (Wildman–Crippen LogP) is 2.38. The maximum absolute atomic E-state index is 11.3. The molecule has 0 aliphatic rings. The molecule has 0 saturated heterocycles. The molecule has 0 fully saturated rings. The van der Waals surface area contributed by atoms with Gasteiger partial charge in [-0.25, -0.2) is 9.78 Å². The van der Waals surface area contributed by atoms with Crippen LogP contribution in [-0.4, -0.2) is 32.6 Å². The Hall–Kier alpha value is -2.76. The third kappa shape index (κ3) is 5.65. The van der Waals surface area contributed by atoms with Gasteiger partial charge < -0.3 is 10.1 Å². The first kappa shape index (κ1) is 18.0. The lowest BCUT2D eigenvalue weighted by atomic mass is 10.1. The molecule has 2 aromatic carbocycles. The monoisotopic (exact) mass is 349 g/mol. The van der Waals surface area contributed by atoms with Gasteiger partial charge in [-0.05, 0) is 17.2 Å². The Morgan fingerprint density at radius 1 is 0.923 bits per heavy atom. The van der Waals surface area contributed by atoms with E-state index in [0.29, 0.717) is 18.7 Å². The summed E-state index contributed by atoms with van der Waals surface area (Å²) in [5.74, 6) is 0. The molecular weight excluding hydrogens is 326 g/mol. The Morgan fingerprint density at radius 3 is 2.04 bits per heavy atom. The van der Waals surface area contributed by atoms with Crippen molar-refractivity contribution in [3.05, 3.63) is 100 Å². The first-order valence-electron chi connectivity index (χ1n) is 8.71. The van der Waals surface area contributed by atoms with Crippen LogP contribution in [0, 0.1) is 0 Å². The average Bonchev–Trinajstić information content (AvgIpc) is 2.63. The van der Waals surface area contributed by atoms with Crippen molar-refractivity contribution in [2.24, 2.45) is 0 Å². The molecule has 2 N–H and O–H groups in total. The van der Waals surface area contributed by atoms with Crippen molar-refractivity contribution in [1.29, 1.82) is 0 Å². The average molecular weight is 349 g/mol. The highest BCUT2D eigenvalue weighted by Gasteiger charge is 2.14. The van der Waals surface area contributed by atoms with Crippen LogP contribution in [0.25, 0.3) is 0 Å². The van der Waals surface area contributed by atoms with Gasteiger partial charge in [0.1, 0.15) is 0 Å². The molecule has 134 valence electrons. The van der Waals surface area contributed by atoms with E-state index in [9.17, 15) is 9.90 Å². The van der Waals surface area contributed by atoms with E-state index in [4.69, 9.17) is 0 Å². The zero-order chi connectivity index (χ0) is 18.2. The fourth-order valence-electron chi connectivity index (χ4n) is 3.01. The zero-order valence-electron chi connectivity index (χ0n) is 14.6. The molecule has 0 aliphatic carbocycles. The number of benzene rings is 2. The molecule has 1 aromatic heterocycles. The van der Waals surface area contributed by atoms with E-state index in [1.807, 2.05) is 36.4 Å². The summed E-state index contributed by atoms with van der Waals surface area (Å²) in [5, 5.41) is 10.5. The van der Waals surface area contributed by atoms with Gasteiger partial charge in [-0.2, -0.15) is 0 Å². The molecule has 3 rings (SSSR count). The summed E-state index contributed by atoms with van der Waals surface area (Å²) in [4.78, 5) is 19.8. The number of aromatic nitrogens is 2. The van der Waals surface area contributed by atoms with Gasteiger partial charge in [-0.1, -0.05) is 60.7 Å². The minimum atomic E-state index is -0.583. The molecule has 0 bridgehead atoms. The van der Waals surface area contributed by atoms with E-state index in [1.54, 1.807) is 6.07 Å². The largest absolute Gasteiger partial charge is 0.391 e. The van der Waals surface area contributed by atoms with Crippen molar-refractivity contribution in [3.8, 4) is 0 Å². The van der Waals surface area contributed by atoms with Gasteiger partial charge in [0.25, 0.3) is 0 Å². The van der Waals surface area contributed by atoms with Crippen LogP contribution in [0.3, 0.4) is 0 Å². The Balaban J connectivity index is 1.68. The maximum Gasteiger partial charge on any atom is 0.345 e. The number of hydrogen-bond donors (Lipinski definition) is 2. The number of aliphatic hydroxyl groups excluding tert-OH is 1. The van der Waals surface area contributed by atoms with E-state index in [0.717, 1.165) is 13.1 Å². The van der Waals surface area contributed by atoms with Crippen molar-refractivity contribution in [1.82, 2.24) is 14.9 Å². The highest BCUT2D eigenvalue weighted by Crippen LogP contribution is 2.12. The smallest absolute Gasteiger partial charge is 0.345 e. The van der Waals surface area contributed by atoms with Gasteiger partial charge in [0.2, 0.25) is 0 Å². The molecule has 1 atom stereocenters. The lowest BCUT2D eigenvalue weighted by Crippen LogP contribution is -2.33.